The molecule has 1 heterocycles. The summed E-state index contributed by atoms with van der Waals surface area (Å²) in [6, 6.07) is 0. The van der Waals surface area contributed by atoms with E-state index in [1.54, 1.807) is 0 Å². The molecule has 0 aliphatic heterocycles. The van der Waals surface area contributed by atoms with E-state index in [0.717, 1.165) is 11.8 Å². The van der Waals surface area contributed by atoms with Crippen LogP contribution in [0.4, 0.5) is 0 Å². The van der Waals surface area contributed by atoms with Crippen LogP contribution in [0.1, 0.15) is 6.42 Å². The van der Waals surface area contributed by atoms with E-state index in [4.69, 9.17) is 5.11 Å². The SMILES string of the molecule is O=C(O)CCSc1ncc[nH]c1=O. The Morgan fingerprint density at radius 3 is 3.08 bits per heavy atom. The van der Waals surface area contributed by atoms with Crippen molar-refractivity contribution >= 4 is 17.7 Å². The van der Waals surface area contributed by atoms with Crippen molar-refractivity contribution in [1.29, 1.82) is 0 Å². The van der Waals surface area contributed by atoms with E-state index in [-0.39, 0.29) is 12.0 Å². The van der Waals surface area contributed by atoms with Crippen LogP contribution in [0.15, 0.2) is 22.2 Å². The summed E-state index contributed by atoms with van der Waals surface area (Å²) in [5.74, 6) is -0.519. The van der Waals surface area contributed by atoms with E-state index in [1.165, 1.54) is 12.4 Å². The van der Waals surface area contributed by atoms with Gasteiger partial charge in [-0.25, -0.2) is 4.98 Å². The summed E-state index contributed by atoms with van der Waals surface area (Å²) >= 11 is 1.14. The van der Waals surface area contributed by atoms with Gasteiger partial charge in [0.05, 0.1) is 6.42 Å². The maximum Gasteiger partial charge on any atom is 0.304 e. The molecule has 0 radical (unpaired) electrons. The van der Waals surface area contributed by atoms with Gasteiger partial charge >= 0.3 is 5.97 Å². The van der Waals surface area contributed by atoms with Crippen LogP contribution >= 0.6 is 11.8 Å². The monoisotopic (exact) mass is 200 g/mol. The summed E-state index contributed by atoms with van der Waals surface area (Å²) in [6.07, 6.45) is 2.93. The van der Waals surface area contributed by atoms with Gasteiger partial charge in [-0.3, -0.25) is 9.59 Å². The minimum Gasteiger partial charge on any atom is -0.481 e. The number of hydrogen-bond donors (Lipinski definition) is 2. The molecule has 1 aromatic rings. The second-order valence-corrected chi connectivity index (χ2v) is 3.30. The summed E-state index contributed by atoms with van der Waals surface area (Å²) in [6.45, 7) is 0. The number of hydrogen-bond acceptors (Lipinski definition) is 4. The number of aliphatic carboxylic acids is 1. The Labute approximate surface area is 78.2 Å². The molecule has 6 heteroatoms. The number of thioether (sulfide) groups is 1. The van der Waals surface area contributed by atoms with E-state index in [9.17, 15) is 9.59 Å². The van der Waals surface area contributed by atoms with Crippen molar-refractivity contribution in [2.24, 2.45) is 0 Å². The molecule has 0 amide bonds. The predicted molar refractivity (Wildman–Crippen MR) is 47.8 cm³/mol. The molecule has 0 saturated heterocycles. The number of carboxylic acids is 1. The molecule has 2 N–H and O–H groups in total. The summed E-state index contributed by atoms with van der Waals surface area (Å²) in [5.41, 5.74) is -0.280. The van der Waals surface area contributed by atoms with Gasteiger partial charge in [-0.2, -0.15) is 0 Å². The number of aromatic amines is 1. The number of H-pyrrole nitrogens is 1. The van der Waals surface area contributed by atoms with Gasteiger partial charge in [-0.1, -0.05) is 0 Å². The number of nitrogens with zero attached hydrogens (tertiary/aromatic N) is 1. The van der Waals surface area contributed by atoms with E-state index >= 15 is 0 Å². The maximum absolute atomic E-state index is 11.0. The highest BCUT2D eigenvalue weighted by Gasteiger charge is 2.02. The molecule has 0 fully saturated rings. The third-order valence-corrected chi connectivity index (χ3v) is 2.20. The van der Waals surface area contributed by atoms with Crippen LogP contribution in [0.2, 0.25) is 0 Å². The van der Waals surface area contributed by atoms with E-state index in [0.29, 0.717) is 10.8 Å². The molecule has 0 unspecified atom stereocenters. The van der Waals surface area contributed by atoms with Crippen molar-refractivity contribution in [3.63, 3.8) is 0 Å². The molecule has 0 atom stereocenters. The lowest BCUT2D eigenvalue weighted by Crippen LogP contribution is -2.09. The van der Waals surface area contributed by atoms with Crippen LogP contribution in [0, 0.1) is 0 Å². The Kier molecular flexibility index (Phi) is 3.51. The van der Waals surface area contributed by atoms with Crippen LogP contribution in [0.3, 0.4) is 0 Å². The molecular weight excluding hydrogens is 192 g/mol. The molecule has 1 aromatic heterocycles. The molecule has 13 heavy (non-hydrogen) atoms. The zero-order chi connectivity index (χ0) is 9.68. The van der Waals surface area contributed by atoms with E-state index in [2.05, 4.69) is 9.97 Å². The molecule has 0 aromatic carbocycles. The number of carbonyl (C=O) groups is 1. The first-order chi connectivity index (χ1) is 6.20. The topological polar surface area (TPSA) is 83.0 Å². The van der Waals surface area contributed by atoms with Gasteiger partial charge in [-0.15, -0.1) is 11.8 Å². The second-order valence-electron chi connectivity index (χ2n) is 2.22. The fourth-order valence-electron chi connectivity index (χ4n) is 0.676. The highest BCUT2D eigenvalue weighted by atomic mass is 32.2. The highest BCUT2D eigenvalue weighted by molar-refractivity contribution is 7.99. The Balaban J connectivity index is 2.50. The predicted octanol–water partition coefficient (Wildman–Crippen LogP) is 0.337. The molecule has 0 aliphatic carbocycles. The van der Waals surface area contributed by atoms with Crippen molar-refractivity contribution < 1.29 is 9.90 Å². The normalized spacial score (nSPS) is 9.85. The lowest BCUT2D eigenvalue weighted by atomic mass is 10.5. The number of aromatic nitrogens is 2. The first kappa shape index (κ1) is 9.79. The van der Waals surface area contributed by atoms with Gasteiger partial charge in [0, 0.05) is 18.1 Å². The first-order valence-corrected chi connectivity index (χ1v) is 4.57. The average molecular weight is 200 g/mol. The van der Waals surface area contributed by atoms with Crippen LogP contribution < -0.4 is 5.56 Å². The maximum atomic E-state index is 11.0. The quantitative estimate of drug-likeness (QED) is 0.684. The second kappa shape index (κ2) is 4.66. The van der Waals surface area contributed by atoms with Gasteiger partial charge in [0.1, 0.15) is 0 Å². The van der Waals surface area contributed by atoms with Gasteiger partial charge in [0.2, 0.25) is 0 Å². The van der Waals surface area contributed by atoms with Gasteiger partial charge in [-0.05, 0) is 0 Å². The number of carboxylic acid groups (broad SMARTS) is 1. The van der Waals surface area contributed by atoms with E-state index < -0.39 is 5.97 Å². The zero-order valence-corrected chi connectivity index (χ0v) is 7.50. The summed E-state index contributed by atoms with van der Waals surface area (Å²) in [5, 5.41) is 8.65. The molecule has 0 aliphatic rings. The molecular formula is C7H8N2O3S. The van der Waals surface area contributed by atoms with Crippen molar-refractivity contribution in [3.8, 4) is 0 Å². The van der Waals surface area contributed by atoms with E-state index in [1.807, 2.05) is 0 Å². The molecule has 70 valence electrons. The zero-order valence-electron chi connectivity index (χ0n) is 6.69. The van der Waals surface area contributed by atoms with Crippen LogP contribution in [-0.4, -0.2) is 26.8 Å². The average Bonchev–Trinajstić information content (AvgIpc) is 2.08. The standard InChI is InChI=1S/C7H8N2O3S/c10-5(11)1-4-13-7-6(12)8-2-3-9-7/h2-3H,1,4H2,(H,8,12)(H,10,11). The largest absolute Gasteiger partial charge is 0.481 e. The first-order valence-electron chi connectivity index (χ1n) is 3.58. The lowest BCUT2D eigenvalue weighted by molar-refractivity contribution is -0.136. The third-order valence-electron chi connectivity index (χ3n) is 1.23. The number of nitrogens with one attached hydrogen (secondary N) is 1. The fraction of sp³-hybridized carbons (Fsp3) is 0.286. The summed E-state index contributed by atoms with van der Waals surface area (Å²) in [7, 11) is 0. The summed E-state index contributed by atoms with van der Waals surface area (Å²) < 4.78 is 0. The molecule has 0 bridgehead atoms. The fourth-order valence-corrected chi connectivity index (χ4v) is 1.47. The molecule has 0 saturated carbocycles. The van der Waals surface area contributed by atoms with Crippen LogP contribution in [0.25, 0.3) is 0 Å². The van der Waals surface area contributed by atoms with Gasteiger partial charge in [0.25, 0.3) is 5.56 Å². The van der Waals surface area contributed by atoms with Crippen molar-refractivity contribution in [1.82, 2.24) is 9.97 Å². The molecule has 5 nitrogen and oxygen atoms in total. The Morgan fingerprint density at radius 1 is 1.69 bits per heavy atom. The third kappa shape index (κ3) is 3.29. The van der Waals surface area contributed by atoms with Gasteiger partial charge in [0.15, 0.2) is 5.03 Å². The number of rotatable bonds is 4. The Bertz CT molecular complexity index is 350. The van der Waals surface area contributed by atoms with Crippen molar-refractivity contribution in [2.75, 3.05) is 5.75 Å². The smallest absolute Gasteiger partial charge is 0.304 e. The van der Waals surface area contributed by atoms with Crippen molar-refractivity contribution in [2.45, 2.75) is 11.4 Å². The van der Waals surface area contributed by atoms with Crippen LogP contribution in [-0.2, 0) is 4.79 Å². The van der Waals surface area contributed by atoms with Crippen molar-refractivity contribution in [3.05, 3.63) is 22.7 Å². The molecule has 1 rings (SSSR count). The summed E-state index contributed by atoms with van der Waals surface area (Å²) in [4.78, 5) is 27.4. The highest BCUT2D eigenvalue weighted by Crippen LogP contribution is 2.09. The Morgan fingerprint density at radius 2 is 2.46 bits per heavy atom. The minimum absolute atomic E-state index is 0.0285. The van der Waals surface area contributed by atoms with Crippen LogP contribution in [0.5, 0.6) is 0 Å². The lowest BCUT2D eigenvalue weighted by Gasteiger charge is -1.95. The molecule has 0 spiro atoms. The van der Waals surface area contributed by atoms with Gasteiger partial charge < -0.3 is 10.1 Å². The minimum atomic E-state index is -0.875. The Hall–Kier alpha value is -1.30.